The van der Waals surface area contributed by atoms with Crippen LogP contribution in [0.1, 0.15) is 39.9 Å². The van der Waals surface area contributed by atoms with Crippen molar-refractivity contribution >= 4 is 5.97 Å². The number of ether oxygens (including phenoxy) is 1. The van der Waals surface area contributed by atoms with Crippen LogP contribution in [0, 0.1) is 17.5 Å². The van der Waals surface area contributed by atoms with E-state index in [1.54, 1.807) is 6.07 Å². The highest BCUT2D eigenvalue weighted by Crippen LogP contribution is 2.26. The van der Waals surface area contributed by atoms with Crippen LogP contribution in [-0.2, 0) is 11.2 Å². The minimum Gasteiger partial charge on any atom is -0.478 e. The predicted octanol–water partition coefficient (Wildman–Crippen LogP) is 3.48. The van der Waals surface area contributed by atoms with E-state index in [0.717, 1.165) is 12.1 Å². The van der Waals surface area contributed by atoms with Gasteiger partial charge in [0.1, 0.15) is 11.6 Å². The average molecular weight is 403 g/mol. The number of rotatable bonds is 5. The molecule has 0 unspecified atom stereocenters. The minimum atomic E-state index is -1.29. The molecule has 0 amide bonds. The normalized spacial score (nSPS) is 16.3. The number of hydrogen-bond donors (Lipinski definition) is 1. The summed E-state index contributed by atoms with van der Waals surface area (Å²) in [5.74, 6) is -3.97. The van der Waals surface area contributed by atoms with Crippen LogP contribution in [-0.4, -0.2) is 39.1 Å². The van der Waals surface area contributed by atoms with E-state index < -0.39 is 29.0 Å². The quantitative estimate of drug-likeness (QED) is 0.660. The maximum Gasteiger partial charge on any atom is 0.335 e. The molecule has 29 heavy (non-hydrogen) atoms. The lowest BCUT2D eigenvalue weighted by molar-refractivity contribution is 0.0697. The van der Waals surface area contributed by atoms with Crippen molar-refractivity contribution in [2.45, 2.75) is 18.8 Å². The summed E-state index contributed by atoms with van der Waals surface area (Å²) in [6.07, 6.45) is 0.342. The summed E-state index contributed by atoms with van der Waals surface area (Å²) in [6.45, 7) is 0.970. The summed E-state index contributed by atoms with van der Waals surface area (Å²) in [7, 11) is 0. The molecule has 0 saturated carbocycles. The molecular weight excluding hydrogens is 387 g/mol. The molecular formula is C20H16F3N3O3. The lowest BCUT2D eigenvalue weighted by Crippen LogP contribution is -2.08. The molecule has 2 heterocycles. The summed E-state index contributed by atoms with van der Waals surface area (Å²) >= 11 is 0. The van der Waals surface area contributed by atoms with E-state index in [2.05, 4.69) is 10.1 Å². The fraction of sp³-hybridized carbons (Fsp3) is 0.250. The molecule has 4 rings (SSSR count). The first-order chi connectivity index (χ1) is 13.9. The summed E-state index contributed by atoms with van der Waals surface area (Å²) in [5.41, 5.74) is -0.0742. The van der Waals surface area contributed by atoms with Crippen molar-refractivity contribution in [1.82, 2.24) is 14.8 Å². The second-order valence-electron chi connectivity index (χ2n) is 6.71. The number of benzene rings is 2. The summed E-state index contributed by atoms with van der Waals surface area (Å²) < 4.78 is 48.7. The van der Waals surface area contributed by atoms with Gasteiger partial charge in [-0.15, -0.1) is 0 Å². The standard InChI is InChI=1S/C20H16F3N3O3/c21-15-4-5-16(22)18(23)14(15)9-17-24-19(12-6-7-29-10-12)25-26(17)13-3-1-2-11(8-13)20(27)28/h1-5,8,12H,6-7,9-10H2,(H,27,28)/t12-/m1/s1. The molecule has 150 valence electrons. The molecule has 1 aliphatic rings. The van der Waals surface area contributed by atoms with E-state index in [0.29, 0.717) is 31.1 Å². The van der Waals surface area contributed by atoms with Crippen molar-refractivity contribution in [1.29, 1.82) is 0 Å². The number of carboxylic acid groups (broad SMARTS) is 1. The molecule has 0 spiro atoms. The monoisotopic (exact) mass is 403 g/mol. The van der Waals surface area contributed by atoms with Crippen LogP contribution in [0.4, 0.5) is 13.2 Å². The third kappa shape index (κ3) is 3.73. The molecule has 0 radical (unpaired) electrons. The third-order valence-corrected chi connectivity index (χ3v) is 4.80. The molecule has 1 aromatic heterocycles. The second kappa shape index (κ2) is 7.67. The number of nitrogens with zero attached hydrogens (tertiary/aromatic N) is 3. The van der Waals surface area contributed by atoms with Gasteiger partial charge in [-0.3, -0.25) is 0 Å². The lowest BCUT2D eigenvalue weighted by atomic mass is 10.1. The number of halogens is 3. The number of carbonyl (C=O) groups is 1. The molecule has 1 fully saturated rings. The second-order valence-corrected chi connectivity index (χ2v) is 6.71. The van der Waals surface area contributed by atoms with E-state index in [9.17, 15) is 23.1 Å². The van der Waals surface area contributed by atoms with E-state index in [1.807, 2.05) is 0 Å². The van der Waals surface area contributed by atoms with Gasteiger partial charge in [0.05, 0.1) is 17.9 Å². The number of aromatic carboxylic acids is 1. The topological polar surface area (TPSA) is 77.2 Å². The van der Waals surface area contributed by atoms with Gasteiger partial charge in [0, 0.05) is 24.5 Å². The van der Waals surface area contributed by atoms with Crippen LogP contribution in [0.3, 0.4) is 0 Å². The number of aromatic nitrogens is 3. The van der Waals surface area contributed by atoms with Crippen LogP contribution >= 0.6 is 0 Å². The zero-order valence-corrected chi connectivity index (χ0v) is 15.1. The van der Waals surface area contributed by atoms with Gasteiger partial charge in [0.25, 0.3) is 0 Å². The highest BCUT2D eigenvalue weighted by Gasteiger charge is 2.26. The Morgan fingerprint density at radius 1 is 1.21 bits per heavy atom. The van der Waals surface area contributed by atoms with Gasteiger partial charge in [-0.2, -0.15) is 5.10 Å². The van der Waals surface area contributed by atoms with Crippen LogP contribution in [0.2, 0.25) is 0 Å². The summed E-state index contributed by atoms with van der Waals surface area (Å²) in [5, 5.41) is 13.7. The van der Waals surface area contributed by atoms with Crippen LogP contribution in [0.25, 0.3) is 5.69 Å². The van der Waals surface area contributed by atoms with Gasteiger partial charge in [-0.25, -0.2) is 27.6 Å². The van der Waals surface area contributed by atoms with Crippen molar-refractivity contribution in [2.24, 2.45) is 0 Å². The van der Waals surface area contributed by atoms with Gasteiger partial charge < -0.3 is 9.84 Å². The molecule has 0 bridgehead atoms. The van der Waals surface area contributed by atoms with Gasteiger partial charge >= 0.3 is 5.97 Å². The lowest BCUT2D eigenvalue weighted by Gasteiger charge is -2.08. The number of carboxylic acids is 1. The molecule has 6 nitrogen and oxygen atoms in total. The van der Waals surface area contributed by atoms with Crippen molar-refractivity contribution < 1.29 is 27.8 Å². The van der Waals surface area contributed by atoms with Crippen LogP contribution in [0.5, 0.6) is 0 Å². The maximum atomic E-state index is 14.2. The van der Waals surface area contributed by atoms with E-state index in [4.69, 9.17) is 4.74 Å². The molecule has 2 aromatic carbocycles. The molecule has 1 aliphatic heterocycles. The summed E-state index contributed by atoms with van der Waals surface area (Å²) in [6, 6.07) is 7.51. The number of hydrogen-bond acceptors (Lipinski definition) is 4. The van der Waals surface area contributed by atoms with Crippen LogP contribution < -0.4 is 0 Å². The Hall–Kier alpha value is -3.20. The van der Waals surface area contributed by atoms with Gasteiger partial charge in [0.15, 0.2) is 17.5 Å². The SMILES string of the molecule is O=C(O)c1cccc(-n2nc([C@@H]3CCOC3)nc2Cc2c(F)ccc(F)c2F)c1. The van der Waals surface area contributed by atoms with Crippen molar-refractivity contribution in [3.8, 4) is 5.69 Å². The van der Waals surface area contributed by atoms with Gasteiger partial charge in [-0.1, -0.05) is 6.07 Å². The molecule has 1 saturated heterocycles. The zero-order valence-electron chi connectivity index (χ0n) is 15.1. The van der Waals surface area contributed by atoms with Gasteiger partial charge in [0.2, 0.25) is 0 Å². The predicted molar refractivity (Wildman–Crippen MR) is 95.6 cm³/mol. The Kier molecular flexibility index (Phi) is 5.06. The first kappa shape index (κ1) is 19.1. The van der Waals surface area contributed by atoms with Crippen molar-refractivity contribution in [3.05, 3.63) is 76.6 Å². The van der Waals surface area contributed by atoms with E-state index >= 15 is 0 Å². The Morgan fingerprint density at radius 2 is 2.00 bits per heavy atom. The fourth-order valence-electron chi connectivity index (χ4n) is 3.25. The van der Waals surface area contributed by atoms with Crippen LogP contribution in [0.15, 0.2) is 36.4 Å². The van der Waals surface area contributed by atoms with Gasteiger partial charge in [-0.05, 0) is 36.8 Å². The highest BCUT2D eigenvalue weighted by atomic mass is 19.2. The average Bonchev–Trinajstić information content (AvgIpc) is 3.38. The van der Waals surface area contributed by atoms with Crippen molar-refractivity contribution in [3.63, 3.8) is 0 Å². The zero-order chi connectivity index (χ0) is 20.5. The molecule has 0 aliphatic carbocycles. The van der Waals surface area contributed by atoms with E-state index in [1.165, 1.54) is 22.9 Å². The first-order valence-electron chi connectivity index (χ1n) is 8.93. The minimum absolute atomic E-state index is 0.0258. The Morgan fingerprint density at radius 3 is 2.72 bits per heavy atom. The third-order valence-electron chi connectivity index (χ3n) is 4.80. The molecule has 9 heteroatoms. The Bertz CT molecular complexity index is 1080. The maximum absolute atomic E-state index is 14.2. The van der Waals surface area contributed by atoms with Crippen molar-refractivity contribution in [2.75, 3.05) is 13.2 Å². The largest absolute Gasteiger partial charge is 0.478 e. The Balaban J connectivity index is 1.81. The molecule has 1 N–H and O–H groups in total. The first-order valence-corrected chi connectivity index (χ1v) is 8.93. The van der Waals surface area contributed by atoms with E-state index in [-0.39, 0.29) is 23.7 Å². The fourth-order valence-corrected chi connectivity index (χ4v) is 3.25. The molecule has 1 atom stereocenters. The Labute approximate surface area is 163 Å². The molecule has 3 aromatic rings. The summed E-state index contributed by atoms with van der Waals surface area (Å²) in [4.78, 5) is 15.7. The smallest absolute Gasteiger partial charge is 0.335 e. The highest BCUT2D eigenvalue weighted by molar-refractivity contribution is 5.88.